The van der Waals surface area contributed by atoms with Crippen LogP contribution in [-0.4, -0.2) is 16.2 Å². The normalized spacial score (nSPS) is 14.3. The first kappa shape index (κ1) is 53.8. The highest BCUT2D eigenvalue weighted by molar-refractivity contribution is 6.10. The zero-order chi connectivity index (χ0) is 62.9. The van der Waals surface area contributed by atoms with Crippen LogP contribution in [0.4, 0.5) is 22.7 Å². The number of benzene rings is 13. The number of aromatic nitrogens is 2. The first-order valence-electron chi connectivity index (χ1n) is 33.2. The van der Waals surface area contributed by atoms with Gasteiger partial charge in [0.15, 0.2) is 0 Å². The van der Waals surface area contributed by atoms with Gasteiger partial charge in [-0.1, -0.05) is 245 Å². The number of ether oxygens (including phenoxy) is 1. The molecule has 0 N–H and O–H groups in total. The van der Waals surface area contributed by atoms with Crippen LogP contribution >= 0.6 is 0 Å². The van der Waals surface area contributed by atoms with Gasteiger partial charge in [-0.25, -0.2) is 4.98 Å². The summed E-state index contributed by atoms with van der Waals surface area (Å²) in [6.07, 6.45) is 1.93. The van der Waals surface area contributed by atoms with Gasteiger partial charge < -0.3 is 14.5 Å². The smallest absolute Gasteiger partial charge is 0.137 e. The van der Waals surface area contributed by atoms with E-state index < -0.39 is 10.8 Å². The molecule has 20 rings (SSSR count). The van der Waals surface area contributed by atoms with Crippen LogP contribution in [-0.2, 0) is 16.2 Å². The molecule has 0 atom stereocenters. The summed E-state index contributed by atoms with van der Waals surface area (Å²) in [6.45, 7) is 7.30. The Hall–Kier alpha value is -11.8. The zero-order valence-electron chi connectivity index (χ0n) is 52.8. The minimum atomic E-state index is -0.448. The number of hydrogen-bond donors (Lipinski definition) is 0. The van der Waals surface area contributed by atoms with Crippen LogP contribution in [0, 0.1) is 0 Å². The van der Waals surface area contributed by atoms with Gasteiger partial charge in [0.2, 0.25) is 0 Å². The average Bonchev–Trinajstić information content (AvgIpc) is 1.52. The largest absolute Gasteiger partial charge is 0.457 e. The fraction of sp³-hybridized carbons (Fsp3) is 0.0778. The van der Waals surface area contributed by atoms with Crippen LogP contribution in [0.15, 0.2) is 310 Å². The first-order valence-corrected chi connectivity index (χ1v) is 33.2. The van der Waals surface area contributed by atoms with Crippen LogP contribution < -0.4 is 14.5 Å². The maximum absolute atomic E-state index is 7.00. The van der Waals surface area contributed by atoms with Crippen molar-refractivity contribution in [2.45, 2.75) is 37.0 Å². The third-order valence-electron chi connectivity index (χ3n) is 21.5. The molecule has 15 aromatic rings. The van der Waals surface area contributed by atoms with Crippen molar-refractivity contribution in [2.24, 2.45) is 0 Å². The molecule has 0 bridgehead atoms. The molecular weight excluding hydrogens is 1150 g/mol. The van der Waals surface area contributed by atoms with Crippen LogP contribution in [0.2, 0.25) is 0 Å². The van der Waals surface area contributed by atoms with Gasteiger partial charge in [0.1, 0.15) is 24.0 Å². The van der Waals surface area contributed by atoms with Gasteiger partial charge in [-0.05, 0) is 178 Å². The second-order valence-electron chi connectivity index (χ2n) is 27.3. The van der Waals surface area contributed by atoms with Crippen molar-refractivity contribution in [3.05, 3.63) is 360 Å². The number of anilines is 4. The van der Waals surface area contributed by atoms with Crippen molar-refractivity contribution in [2.75, 3.05) is 16.5 Å². The summed E-state index contributed by atoms with van der Waals surface area (Å²) in [5.74, 6) is 2.39. The van der Waals surface area contributed by atoms with Gasteiger partial charge in [0.05, 0.1) is 38.9 Å². The van der Waals surface area contributed by atoms with E-state index in [9.17, 15) is 0 Å². The Morgan fingerprint density at radius 1 is 0.337 bits per heavy atom. The Balaban J connectivity index is 0.746. The van der Waals surface area contributed by atoms with Crippen LogP contribution in [0.25, 0.3) is 94.4 Å². The number of pyridine rings is 1. The van der Waals surface area contributed by atoms with E-state index in [0.29, 0.717) is 6.67 Å². The summed E-state index contributed by atoms with van der Waals surface area (Å²) in [5.41, 5.74) is 32.5. The summed E-state index contributed by atoms with van der Waals surface area (Å²) in [4.78, 5) is 9.99. The molecule has 1 aliphatic heterocycles. The molecule has 5 heteroatoms. The third kappa shape index (κ3) is 7.41. The van der Waals surface area contributed by atoms with Gasteiger partial charge in [-0.2, -0.15) is 0 Å². The molecule has 0 fully saturated rings. The number of fused-ring (bicyclic) bond motifs is 24. The Kier molecular flexibility index (Phi) is 11.3. The highest BCUT2D eigenvalue weighted by Gasteiger charge is 2.53. The molecule has 448 valence electrons. The van der Waals surface area contributed by atoms with E-state index in [4.69, 9.17) is 9.72 Å². The van der Waals surface area contributed by atoms with Crippen molar-refractivity contribution in [3.8, 4) is 84.1 Å². The molecule has 5 nitrogen and oxygen atoms in total. The van der Waals surface area contributed by atoms with Crippen molar-refractivity contribution < 1.29 is 4.74 Å². The van der Waals surface area contributed by atoms with Crippen molar-refractivity contribution in [1.29, 1.82) is 0 Å². The maximum Gasteiger partial charge on any atom is 0.137 e. The first-order chi connectivity index (χ1) is 46.7. The average molecular weight is 1220 g/mol. The quantitative estimate of drug-likeness (QED) is 0.159. The second kappa shape index (κ2) is 19.9. The molecule has 0 saturated carbocycles. The third-order valence-corrected chi connectivity index (χ3v) is 21.5. The van der Waals surface area contributed by atoms with Gasteiger partial charge in [0, 0.05) is 45.9 Å². The molecule has 4 aliphatic carbocycles. The van der Waals surface area contributed by atoms with Crippen LogP contribution in [0.5, 0.6) is 11.5 Å². The van der Waals surface area contributed by atoms with Gasteiger partial charge >= 0.3 is 0 Å². The molecule has 0 amide bonds. The Morgan fingerprint density at radius 2 is 0.768 bits per heavy atom. The lowest BCUT2D eigenvalue weighted by atomic mass is 9.70. The number of rotatable bonds is 7. The Labute approximate surface area is 552 Å². The van der Waals surface area contributed by atoms with E-state index in [1.54, 1.807) is 0 Å². The van der Waals surface area contributed by atoms with Gasteiger partial charge in [-0.3, -0.25) is 4.57 Å². The van der Waals surface area contributed by atoms with E-state index in [2.05, 4.69) is 338 Å². The molecule has 0 unspecified atom stereocenters. The van der Waals surface area contributed by atoms with E-state index in [-0.39, 0.29) is 5.41 Å². The summed E-state index contributed by atoms with van der Waals surface area (Å²) in [5, 5.41) is 2.32. The van der Waals surface area contributed by atoms with Crippen LogP contribution in [0.3, 0.4) is 0 Å². The SMILES string of the molecule is CC(C)(C)c1ccnc(-n2c3ccccc3c3ccc(Oc4cccc(N5CN(c6c(-c7ccc8c(c7)-c7ccccc7C87c8ccccc8-c8ccccc87)cccc6-c6ccc7c(c6)-c6ccccc6C76c7ccccc7-c7ccccc76)c6ccccc65)c4)cc32)c1. The lowest BCUT2D eigenvalue weighted by molar-refractivity contribution is 0.483. The van der Waals surface area contributed by atoms with E-state index in [0.717, 1.165) is 78.7 Å². The molecule has 0 radical (unpaired) electrons. The summed E-state index contributed by atoms with van der Waals surface area (Å²) < 4.78 is 9.28. The maximum atomic E-state index is 7.00. The highest BCUT2D eigenvalue weighted by atomic mass is 16.5. The molecule has 5 aliphatic rings. The molecule has 2 aromatic heterocycles. The molecule has 0 saturated heterocycles. The highest BCUT2D eigenvalue weighted by Crippen LogP contribution is 2.66. The number of para-hydroxylation sites is 4. The zero-order valence-corrected chi connectivity index (χ0v) is 52.8. The topological polar surface area (TPSA) is 33.5 Å². The molecule has 2 spiro atoms. The summed E-state index contributed by atoms with van der Waals surface area (Å²) in [7, 11) is 0. The molecule has 3 heterocycles. The van der Waals surface area contributed by atoms with Gasteiger partial charge in [-0.15, -0.1) is 0 Å². The van der Waals surface area contributed by atoms with E-state index in [1.807, 2.05) is 6.20 Å². The Bertz CT molecular complexity index is 5480. The summed E-state index contributed by atoms with van der Waals surface area (Å²) in [6, 6.07) is 113. The lowest BCUT2D eigenvalue weighted by Crippen LogP contribution is -2.26. The Morgan fingerprint density at radius 3 is 1.31 bits per heavy atom. The van der Waals surface area contributed by atoms with E-state index >= 15 is 0 Å². The predicted octanol–water partition coefficient (Wildman–Crippen LogP) is 22.5. The molecule has 13 aromatic carbocycles. The van der Waals surface area contributed by atoms with Gasteiger partial charge in [0.25, 0.3) is 0 Å². The number of hydrogen-bond acceptors (Lipinski definition) is 4. The van der Waals surface area contributed by atoms with Crippen LogP contribution in [0.1, 0.15) is 70.8 Å². The predicted molar refractivity (Wildman–Crippen MR) is 389 cm³/mol. The lowest BCUT2D eigenvalue weighted by Gasteiger charge is -2.31. The monoisotopic (exact) mass is 1210 g/mol. The fourth-order valence-corrected chi connectivity index (χ4v) is 17.6. The van der Waals surface area contributed by atoms with E-state index in [1.165, 1.54) is 100.0 Å². The number of nitrogens with zero attached hydrogens (tertiary/aromatic N) is 4. The summed E-state index contributed by atoms with van der Waals surface area (Å²) >= 11 is 0. The second-order valence-corrected chi connectivity index (χ2v) is 27.3. The van der Waals surface area contributed by atoms with Crippen molar-refractivity contribution in [3.63, 3.8) is 0 Å². The minimum absolute atomic E-state index is 0.0390. The molecular formula is C90H62N4O. The standard InChI is InChI=1S/C90H62N4O/c1-88(2,3)58-48-49-91-86(52-58)94-82-39-17-10-30-70(82)71-45-44-61(54-85(71)94)95-60-23-20-22-59(53-60)92-55-93(84-41-19-18-40-83(84)92)87-62(56-42-46-80-72(50-56)68-28-8-15-37-78(68)89(80)74-33-11-4-24-64(74)65-25-5-12-34-75(65)89)31-21-32-63(87)57-43-47-81-73(51-57)69-29-9-16-38-79(69)90(81)76-35-13-6-26-66(76)67-27-7-14-36-77(67)90/h4-54H,55H2,1-3H3. The minimum Gasteiger partial charge on any atom is -0.457 e. The molecule has 95 heavy (non-hydrogen) atoms. The van der Waals surface area contributed by atoms with Crippen molar-refractivity contribution >= 4 is 44.6 Å². The fourth-order valence-electron chi connectivity index (χ4n) is 17.6. The van der Waals surface area contributed by atoms with Crippen molar-refractivity contribution in [1.82, 2.24) is 9.55 Å².